The molecule has 1 fully saturated rings. The van der Waals surface area contributed by atoms with E-state index in [4.69, 9.17) is 5.73 Å². The van der Waals surface area contributed by atoms with Gasteiger partial charge in [-0.2, -0.15) is 0 Å². The summed E-state index contributed by atoms with van der Waals surface area (Å²) in [6.45, 7) is 1.75. The molecule has 0 aromatic heterocycles. The highest BCUT2D eigenvalue weighted by Crippen LogP contribution is 2.29. The van der Waals surface area contributed by atoms with Gasteiger partial charge in [0.25, 0.3) is 0 Å². The lowest BCUT2D eigenvalue weighted by atomic mass is 10.2. The van der Waals surface area contributed by atoms with E-state index in [0.29, 0.717) is 16.9 Å². The van der Waals surface area contributed by atoms with E-state index >= 15 is 0 Å². The van der Waals surface area contributed by atoms with Crippen molar-refractivity contribution in [2.24, 2.45) is 0 Å². The topological polar surface area (TPSA) is 80.5 Å². The SMILES string of the molecule is Cc1ccc(N)cc1N1C(=O)CCS1(=O)=O. The van der Waals surface area contributed by atoms with Gasteiger partial charge in [0.1, 0.15) is 0 Å². The molecule has 1 amide bonds. The lowest BCUT2D eigenvalue weighted by molar-refractivity contribution is -0.116. The number of nitrogens with zero attached hydrogens (tertiary/aromatic N) is 1. The smallest absolute Gasteiger partial charge is 0.242 e. The van der Waals surface area contributed by atoms with Crippen LogP contribution in [0.1, 0.15) is 12.0 Å². The quantitative estimate of drug-likeness (QED) is 0.730. The molecule has 0 bridgehead atoms. The summed E-state index contributed by atoms with van der Waals surface area (Å²) in [7, 11) is -3.50. The number of anilines is 2. The summed E-state index contributed by atoms with van der Waals surface area (Å²) in [5, 5.41) is 0. The molecule has 16 heavy (non-hydrogen) atoms. The lowest BCUT2D eigenvalue weighted by Gasteiger charge is -2.17. The molecule has 0 unspecified atom stereocenters. The van der Waals surface area contributed by atoms with Gasteiger partial charge in [0, 0.05) is 12.1 Å². The Balaban J connectivity index is 2.59. The first-order valence-corrected chi connectivity index (χ1v) is 6.45. The molecule has 1 aliphatic rings. The van der Waals surface area contributed by atoms with E-state index in [2.05, 4.69) is 0 Å². The largest absolute Gasteiger partial charge is 0.399 e. The van der Waals surface area contributed by atoms with Crippen LogP contribution in [0.4, 0.5) is 11.4 Å². The number of amides is 1. The van der Waals surface area contributed by atoms with Gasteiger partial charge in [-0.05, 0) is 24.6 Å². The first kappa shape index (κ1) is 10.9. The zero-order chi connectivity index (χ0) is 11.9. The molecule has 0 atom stereocenters. The summed E-state index contributed by atoms with van der Waals surface area (Å²) in [4.78, 5) is 11.6. The van der Waals surface area contributed by atoms with Gasteiger partial charge in [-0.15, -0.1) is 0 Å². The van der Waals surface area contributed by atoms with E-state index in [1.165, 1.54) is 6.07 Å². The van der Waals surface area contributed by atoms with Crippen molar-refractivity contribution >= 4 is 27.3 Å². The van der Waals surface area contributed by atoms with Crippen molar-refractivity contribution in [1.29, 1.82) is 0 Å². The van der Waals surface area contributed by atoms with E-state index in [9.17, 15) is 13.2 Å². The van der Waals surface area contributed by atoms with Crippen LogP contribution in [0.15, 0.2) is 18.2 Å². The molecule has 0 aliphatic carbocycles. The Morgan fingerprint density at radius 3 is 2.62 bits per heavy atom. The van der Waals surface area contributed by atoms with Crippen molar-refractivity contribution in [3.8, 4) is 0 Å². The summed E-state index contributed by atoms with van der Waals surface area (Å²) < 4.78 is 24.3. The number of carbonyl (C=O) groups is 1. The van der Waals surface area contributed by atoms with Crippen LogP contribution in [0, 0.1) is 6.92 Å². The van der Waals surface area contributed by atoms with Crippen LogP contribution >= 0.6 is 0 Å². The Kier molecular flexibility index (Phi) is 2.38. The fraction of sp³-hybridized carbons (Fsp3) is 0.300. The second kappa shape index (κ2) is 3.48. The Labute approximate surface area is 93.9 Å². The lowest BCUT2D eigenvalue weighted by Crippen LogP contribution is -2.30. The average Bonchev–Trinajstić information content (AvgIpc) is 2.46. The molecular formula is C10H12N2O3S. The third kappa shape index (κ3) is 1.65. The zero-order valence-electron chi connectivity index (χ0n) is 8.80. The number of carbonyl (C=O) groups excluding carboxylic acids is 1. The van der Waals surface area contributed by atoms with E-state index in [0.717, 1.165) is 4.31 Å². The number of hydrogen-bond acceptors (Lipinski definition) is 4. The normalized spacial score (nSPS) is 19.1. The molecular weight excluding hydrogens is 228 g/mol. The molecule has 1 aliphatic heterocycles. The van der Waals surface area contributed by atoms with Gasteiger partial charge < -0.3 is 5.73 Å². The predicted molar refractivity (Wildman–Crippen MR) is 61.5 cm³/mol. The van der Waals surface area contributed by atoms with Gasteiger partial charge in [0.15, 0.2) is 0 Å². The van der Waals surface area contributed by atoms with Crippen LogP contribution in [0.25, 0.3) is 0 Å². The van der Waals surface area contributed by atoms with Crippen LogP contribution in [0.2, 0.25) is 0 Å². The number of nitrogens with two attached hydrogens (primary N) is 1. The Hall–Kier alpha value is -1.56. The zero-order valence-corrected chi connectivity index (χ0v) is 9.62. The average molecular weight is 240 g/mol. The monoisotopic (exact) mass is 240 g/mol. The number of nitrogen functional groups attached to an aromatic ring is 1. The number of rotatable bonds is 1. The van der Waals surface area contributed by atoms with Crippen LogP contribution in [-0.4, -0.2) is 20.1 Å². The molecule has 2 N–H and O–H groups in total. The molecule has 1 aromatic carbocycles. The van der Waals surface area contributed by atoms with Crippen molar-refractivity contribution in [2.45, 2.75) is 13.3 Å². The van der Waals surface area contributed by atoms with E-state index < -0.39 is 15.9 Å². The molecule has 1 aromatic rings. The first-order chi connectivity index (χ1) is 7.42. The van der Waals surface area contributed by atoms with Gasteiger partial charge in [0.2, 0.25) is 15.9 Å². The van der Waals surface area contributed by atoms with Crippen LogP contribution in [-0.2, 0) is 14.8 Å². The minimum Gasteiger partial charge on any atom is -0.399 e. The van der Waals surface area contributed by atoms with Crippen molar-refractivity contribution in [3.05, 3.63) is 23.8 Å². The van der Waals surface area contributed by atoms with Gasteiger partial charge in [-0.1, -0.05) is 6.07 Å². The Morgan fingerprint density at radius 2 is 2.06 bits per heavy atom. The Morgan fingerprint density at radius 1 is 1.38 bits per heavy atom. The minimum absolute atomic E-state index is 0.0383. The number of hydrogen-bond donors (Lipinski definition) is 1. The Bertz CT molecular complexity index is 551. The van der Waals surface area contributed by atoms with Gasteiger partial charge in [-0.3, -0.25) is 4.79 Å². The molecule has 0 saturated carbocycles. The van der Waals surface area contributed by atoms with E-state index in [-0.39, 0.29) is 12.2 Å². The molecule has 0 radical (unpaired) electrons. The summed E-state index contributed by atoms with van der Waals surface area (Å²) in [5.74, 6) is -0.520. The highest BCUT2D eigenvalue weighted by molar-refractivity contribution is 7.94. The third-order valence-electron chi connectivity index (χ3n) is 2.53. The third-order valence-corrected chi connectivity index (χ3v) is 4.21. The summed E-state index contributed by atoms with van der Waals surface area (Å²) in [6.07, 6.45) is 0.0383. The second-order valence-electron chi connectivity index (χ2n) is 3.77. The molecule has 86 valence electrons. The van der Waals surface area contributed by atoms with Crippen molar-refractivity contribution in [1.82, 2.24) is 0 Å². The second-order valence-corrected chi connectivity index (χ2v) is 5.71. The molecule has 6 heteroatoms. The minimum atomic E-state index is -3.50. The highest BCUT2D eigenvalue weighted by atomic mass is 32.2. The molecule has 0 spiro atoms. The summed E-state index contributed by atoms with van der Waals surface area (Å²) in [6, 6.07) is 4.88. The molecule has 1 saturated heterocycles. The van der Waals surface area contributed by atoms with Crippen molar-refractivity contribution in [3.63, 3.8) is 0 Å². The summed E-state index contributed by atoms with van der Waals surface area (Å²) in [5.41, 5.74) is 7.12. The predicted octanol–water partition coefficient (Wildman–Crippen LogP) is 0.644. The standard InChI is InChI=1S/C10H12N2O3S/c1-7-2-3-8(11)6-9(7)12-10(13)4-5-16(12,14)15/h2-3,6H,4-5,11H2,1H3. The fourth-order valence-electron chi connectivity index (χ4n) is 1.69. The van der Waals surface area contributed by atoms with Crippen molar-refractivity contribution < 1.29 is 13.2 Å². The maximum atomic E-state index is 11.7. The maximum Gasteiger partial charge on any atom is 0.242 e. The highest BCUT2D eigenvalue weighted by Gasteiger charge is 2.36. The van der Waals surface area contributed by atoms with Crippen molar-refractivity contribution in [2.75, 3.05) is 15.8 Å². The van der Waals surface area contributed by atoms with Gasteiger partial charge in [-0.25, -0.2) is 12.7 Å². The maximum absolute atomic E-state index is 11.7. The number of sulfonamides is 1. The first-order valence-electron chi connectivity index (χ1n) is 4.84. The number of benzene rings is 1. The van der Waals surface area contributed by atoms with Crippen LogP contribution in [0.3, 0.4) is 0 Å². The molecule has 2 rings (SSSR count). The van der Waals surface area contributed by atoms with E-state index in [1.54, 1.807) is 19.1 Å². The molecule has 5 nitrogen and oxygen atoms in total. The van der Waals surface area contributed by atoms with Gasteiger partial charge in [0.05, 0.1) is 11.4 Å². The summed E-state index contributed by atoms with van der Waals surface area (Å²) >= 11 is 0. The fourth-order valence-corrected chi connectivity index (χ4v) is 3.21. The van der Waals surface area contributed by atoms with Crippen LogP contribution < -0.4 is 10.0 Å². The number of aryl methyl sites for hydroxylation is 1. The van der Waals surface area contributed by atoms with Crippen LogP contribution in [0.5, 0.6) is 0 Å². The molecule has 1 heterocycles. The van der Waals surface area contributed by atoms with Gasteiger partial charge >= 0.3 is 0 Å². The van der Waals surface area contributed by atoms with E-state index in [1.807, 2.05) is 0 Å².